The summed E-state index contributed by atoms with van der Waals surface area (Å²) in [6.07, 6.45) is 2.14. The molecular formula is C37H38N4O3. The van der Waals surface area contributed by atoms with Gasteiger partial charge in [-0.1, -0.05) is 66.7 Å². The molecule has 1 aromatic heterocycles. The number of nitrogens with zero attached hydrogens (tertiary/aromatic N) is 1. The second-order valence-electron chi connectivity index (χ2n) is 12.4. The minimum absolute atomic E-state index is 0.0580. The molecule has 1 unspecified atom stereocenters. The van der Waals surface area contributed by atoms with E-state index in [4.69, 9.17) is 4.74 Å². The number of ether oxygens (including phenoxy) is 1. The molecule has 2 amide bonds. The fourth-order valence-corrected chi connectivity index (χ4v) is 6.30. The second kappa shape index (κ2) is 11.6. The highest BCUT2D eigenvalue weighted by Crippen LogP contribution is 2.51. The number of fused-ring (bicyclic) bond motifs is 2. The molecule has 0 saturated heterocycles. The van der Waals surface area contributed by atoms with E-state index in [2.05, 4.69) is 15.6 Å². The molecule has 3 N–H and O–H groups in total. The summed E-state index contributed by atoms with van der Waals surface area (Å²) in [4.78, 5) is 34.5. The Hall–Kier alpha value is -5.04. The number of carbonyl (C=O) groups excluding carboxylic acids is 2. The van der Waals surface area contributed by atoms with Crippen LogP contribution in [0.5, 0.6) is 5.75 Å². The fraction of sp³-hybridized carbons (Fsp3) is 0.243. The van der Waals surface area contributed by atoms with E-state index in [1.165, 1.54) is 0 Å². The number of carbonyl (C=O) groups is 2. The summed E-state index contributed by atoms with van der Waals surface area (Å²) in [6, 6.07) is 32.8. The van der Waals surface area contributed by atoms with Crippen LogP contribution in [-0.4, -0.2) is 35.5 Å². The summed E-state index contributed by atoms with van der Waals surface area (Å²) in [5, 5.41) is 7.60. The van der Waals surface area contributed by atoms with E-state index < -0.39 is 17.0 Å². The van der Waals surface area contributed by atoms with Gasteiger partial charge in [0.1, 0.15) is 17.2 Å². The van der Waals surface area contributed by atoms with Crippen LogP contribution in [0, 0.1) is 0 Å². The molecule has 224 valence electrons. The van der Waals surface area contributed by atoms with Gasteiger partial charge >= 0.3 is 0 Å². The Bertz CT molecular complexity index is 1790. The molecular weight excluding hydrogens is 548 g/mol. The Labute approximate surface area is 258 Å². The van der Waals surface area contributed by atoms with Crippen molar-refractivity contribution >= 4 is 34.1 Å². The van der Waals surface area contributed by atoms with Gasteiger partial charge in [-0.2, -0.15) is 0 Å². The van der Waals surface area contributed by atoms with Crippen molar-refractivity contribution in [2.75, 3.05) is 17.3 Å². The SMILES string of the molecule is COc1ccc(NC(C[C@@]2(c3c[nH]c4ccccc34)C(=O)N(Cc3ccccc3)c3ccccc32)C(=O)NC(C)(C)C)cc1. The number of methoxy groups -OCH3 is 1. The molecule has 0 aliphatic carbocycles. The van der Waals surface area contributed by atoms with Gasteiger partial charge in [0.2, 0.25) is 11.8 Å². The minimum Gasteiger partial charge on any atom is -0.497 e. The summed E-state index contributed by atoms with van der Waals surface area (Å²) in [6.45, 7) is 6.30. The first-order valence-corrected chi connectivity index (χ1v) is 14.9. The van der Waals surface area contributed by atoms with Gasteiger partial charge in [-0.15, -0.1) is 0 Å². The highest BCUT2D eigenvalue weighted by atomic mass is 16.5. The zero-order valence-electron chi connectivity index (χ0n) is 25.6. The first-order chi connectivity index (χ1) is 21.2. The molecule has 2 heterocycles. The van der Waals surface area contributed by atoms with Gasteiger partial charge in [-0.3, -0.25) is 9.59 Å². The van der Waals surface area contributed by atoms with E-state index in [-0.39, 0.29) is 18.2 Å². The van der Waals surface area contributed by atoms with E-state index in [1.54, 1.807) is 7.11 Å². The molecule has 7 nitrogen and oxygen atoms in total. The fourth-order valence-electron chi connectivity index (χ4n) is 6.30. The van der Waals surface area contributed by atoms with Crippen molar-refractivity contribution in [2.45, 2.75) is 50.7 Å². The molecule has 4 aromatic carbocycles. The lowest BCUT2D eigenvalue weighted by molar-refractivity contribution is -0.125. The monoisotopic (exact) mass is 586 g/mol. The van der Waals surface area contributed by atoms with Crippen molar-refractivity contribution in [3.05, 3.63) is 126 Å². The predicted octanol–water partition coefficient (Wildman–Crippen LogP) is 6.79. The highest BCUT2D eigenvalue weighted by molar-refractivity contribution is 6.13. The topological polar surface area (TPSA) is 86.5 Å². The summed E-state index contributed by atoms with van der Waals surface area (Å²) in [7, 11) is 1.62. The van der Waals surface area contributed by atoms with Gasteiger partial charge in [0.15, 0.2) is 0 Å². The number of amides is 2. The van der Waals surface area contributed by atoms with Gasteiger partial charge in [-0.25, -0.2) is 0 Å². The average Bonchev–Trinajstić information content (AvgIpc) is 3.55. The molecule has 1 aliphatic rings. The van der Waals surface area contributed by atoms with Crippen LogP contribution in [0.1, 0.15) is 43.9 Å². The van der Waals surface area contributed by atoms with Gasteiger partial charge in [0.05, 0.1) is 13.7 Å². The Morgan fingerprint density at radius 2 is 1.57 bits per heavy atom. The van der Waals surface area contributed by atoms with Crippen LogP contribution >= 0.6 is 0 Å². The van der Waals surface area contributed by atoms with Crippen molar-refractivity contribution in [3.63, 3.8) is 0 Å². The number of H-pyrrole nitrogens is 1. The number of aromatic nitrogens is 1. The number of anilines is 2. The number of hydrogen-bond donors (Lipinski definition) is 3. The average molecular weight is 587 g/mol. The molecule has 0 fully saturated rings. The molecule has 0 spiro atoms. The molecule has 44 heavy (non-hydrogen) atoms. The second-order valence-corrected chi connectivity index (χ2v) is 12.4. The number of hydrogen-bond acceptors (Lipinski definition) is 4. The van der Waals surface area contributed by atoms with Crippen LogP contribution in [-0.2, 0) is 21.5 Å². The molecule has 0 saturated carbocycles. The van der Waals surface area contributed by atoms with Crippen LogP contribution in [0.15, 0.2) is 109 Å². The van der Waals surface area contributed by atoms with Gasteiger partial charge in [0, 0.05) is 34.0 Å². The summed E-state index contributed by atoms with van der Waals surface area (Å²) in [5.41, 5.74) is 3.70. The lowest BCUT2D eigenvalue weighted by Gasteiger charge is -2.34. The lowest BCUT2D eigenvalue weighted by Crippen LogP contribution is -2.52. The normalized spacial score (nSPS) is 16.9. The van der Waals surface area contributed by atoms with Crippen LogP contribution in [0.4, 0.5) is 11.4 Å². The smallest absolute Gasteiger partial charge is 0.242 e. The number of benzene rings is 4. The predicted molar refractivity (Wildman–Crippen MR) is 176 cm³/mol. The Morgan fingerprint density at radius 3 is 2.30 bits per heavy atom. The zero-order valence-corrected chi connectivity index (χ0v) is 25.6. The van der Waals surface area contributed by atoms with Crippen molar-refractivity contribution in [1.29, 1.82) is 0 Å². The van der Waals surface area contributed by atoms with E-state index in [1.807, 2.05) is 135 Å². The number of para-hydroxylation sites is 2. The molecule has 0 radical (unpaired) electrons. The third-order valence-corrected chi connectivity index (χ3v) is 8.25. The number of aromatic amines is 1. The van der Waals surface area contributed by atoms with E-state index in [9.17, 15) is 4.79 Å². The van der Waals surface area contributed by atoms with Crippen LogP contribution in [0.3, 0.4) is 0 Å². The van der Waals surface area contributed by atoms with Gasteiger partial charge < -0.3 is 25.3 Å². The molecule has 1 aliphatic heterocycles. The van der Waals surface area contributed by atoms with Crippen LogP contribution in [0.2, 0.25) is 0 Å². The molecule has 5 aromatic rings. The van der Waals surface area contributed by atoms with Crippen LogP contribution < -0.4 is 20.3 Å². The highest BCUT2D eigenvalue weighted by Gasteiger charge is 2.54. The standard InChI is InChI=1S/C37H38N4O3/c1-36(2,3)40-34(42)32(39-26-18-20-27(44-4)21-19-26)22-37(30-23-38-31-16-10-8-14-28(30)31)29-15-9-11-17-33(29)41(35(37)43)24-25-12-6-5-7-13-25/h5-21,23,32,38-39H,22,24H2,1-4H3,(H,40,42)/t32?,37-/m1/s1. The van der Waals surface area contributed by atoms with Crippen molar-refractivity contribution in [3.8, 4) is 5.75 Å². The first-order valence-electron chi connectivity index (χ1n) is 14.9. The summed E-state index contributed by atoms with van der Waals surface area (Å²) >= 11 is 0. The Kier molecular flexibility index (Phi) is 7.64. The van der Waals surface area contributed by atoms with Crippen molar-refractivity contribution in [1.82, 2.24) is 10.3 Å². The first kappa shape index (κ1) is 29.1. The number of rotatable bonds is 9. The number of nitrogens with one attached hydrogen (secondary N) is 3. The van der Waals surface area contributed by atoms with Crippen molar-refractivity contribution < 1.29 is 14.3 Å². The maximum atomic E-state index is 15.1. The summed E-state index contributed by atoms with van der Waals surface area (Å²) in [5.74, 6) is 0.481. The van der Waals surface area contributed by atoms with Crippen LogP contribution in [0.25, 0.3) is 10.9 Å². The minimum atomic E-state index is -1.15. The maximum absolute atomic E-state index is 15.1. The van der Waals surface area contributed by atoms with E-state index in [0.29, 0.717) is 6.54 Å². The third kappa shape index (κ3) is 5.41. The lowest BCUT2D eigenvalue weighted by atomic mass is 9.70. The van der Waals surface area contributed by atoms with E-state index in [0.717, 1.165) is 44.7 Å². The van der Waals surface area contributed by atoms with Gasteiger partial charge in [0.25, 0.3) is 0 Å². The largest absolute Gasteiger partial charge is 0.497 e. The van der Waals surface area contributed by atoms with Gasteiger partial charge in [-0.05, 0) is 80.3 Å². The Balaban J connectivity index is 1.52. The molecule has 0 bridgehead atoms. The molecule has 2 atom stereocenters. The molecule has 6 rings (SSSR count). The van der Waals surface area contributed by atoms with Crippen molar-refractivity contribution in [2.24, 2.45) is 0 Å². The quantitative estimate of drug-likeness (QED) is 0.177. The Morgan fingerprint density at radius 1 is 0.886 bits per heavy atom. The molecule has 7 heteroatoms. The third-order valence-electron chi connectivity index (χ3n) is 8.25. The zero-order chi connectivity index (χ0) is 30.9. The summed E-state index contributed by atoms with van der Waals surface area (Å²) < 4.78 is 5.35. The maximum Gasteiger partial charge on any atom is 0.242 e. The van der Waals surface area contributed by atoms with E-state index >= 15 is 4.79 Å².